The van der Waals surface area contributed by atoms with E-state index in [4.69, 9.17) is 16.3 Å². The second-order valence-corrected chi connectivity index (χ2v) is 4.84. The summed E-state index contributed by atoms with van der Waals surface area (Å²) in [5, 5.41) is 0. The van der Waals surface area contributed by atoms with Crippen LogP contribution < -0.4 is 0 Å². The van der Waals surface area contributed by atoms with Gasteiger partial charge in [-0.1, -0.05) is 6.92 Å². The molecule has 1 atom stereocenters. The topological polar surface area (TPSA) is 19.0 Å². The smallest absolute Gasteiger partial charge is 0.110 e. The molecular weight excluding hydrogens is 226 g/mol. The van der Waals surface area contributed by atoms with E-state index in [0.717, 1.165) is 45.9 Å². The predicted octanol–water partition coefficient (Wildman–Crippen LogP) is 0.640. The molecule has 0 aromatic heterocycles. The number of hydrogen-bond donors (Lipinski definition) is 0. The van der Waals surface area contributed by atoms with Crippen LogP contribution in [-0.4, -0.2) is 72.7 Å². The number of halogens is 1. The van der Waals surface area contributed by atoms with Gasteiger partial charge in [-0.25, -0.2) is 0 Å². The van der Waals surface area contributed by atoms with E-state index in [2.05, 4.69) is 28.3 Å². The molecule has 2 aliphatic rings. The summed E-state index contributed by atoms with van der Waals surface area (Å²) in [5.74, 6) is 0. The van der Waals surface area contributed by atoms with Crippen molar-refractivity contribution >= 4 is 11.6 Å². The molecule has 0 saturated carbocycles. The Kier molecular flexibility index (Phi) is 4.85. The molecule has 2 rings (SSSR count). The van der Waals surface area contributed by atoms with Crippen molar-refractivity contribution < 1.29 is 4.74 Å². The lowest BCUT2D eigenvalue weighted by Crippen LogP contribution is -2.50. The van der Waals surface area contributed by atoms with Crippen molar-refractivity contribution in [3.05, 3.63) is 6.67 Å². The second kappa shape index (κ2) is 6.17. The summed E-state index contributed by atoms with van der Waals surface area (Å²) < 4.78 is 5.32. The van der Waals surface area contributed by atoms with Crippen LogP contribution in [0.3, 0.4) is 0 Å². The first-order valence-electron chi connectivity index (χ1n) is 6.08. The van der Waals surface area contributed by atoms with Gasteiger partial charge in [-0.15, -0.1) is 11.6 Å². The van der Waals surface area contributed by atoms with Gasteiger partial charge in [0.2, 0.25) is 0 Å². The molecular formula is C11H21ClN3O. The van der Waals surface area contributed by atoms with E-state index in [1.165, 1.54) is 0 Å². The first kappa shape index (κ1) is 12.6. The number of rotatable bonds is 3. The Morgan fingerprint density at radius 1 is 1.25 bits per heavy atom. The summed E-state index contributed by atoms with van der Waals surface area (Å²) in [5.41, 5.74) is -0.00189. The molecule has 0 aliphatic carbocycles. The predicted molar refractivity (Wildman–Crippen MR) is 65.2 cm³/mol. The highest BCUT2D eigenvalue weighted by Crippen LogP contribution is 2.15. The van der Waals surface area contributed by atoms with Gasteiger partial charge in [0.1, 0.15) is 5.50 Å². The third kappa shape index (κ3) is 3.31. The van der Waals surface area contributed by atoms with E-state index in [-0.39, 0.29) is 5.50 Å². The first-order chi connectivity index (χ1) is 7.79. The summed E-state index contributed by atoms with van der Waals surface area (Å²) >= 11 is 6.19. The Morgan fingerprint density at radius 2 is 2.00 bits per heavy atom. The molecule has 0 bridgehead atoms. The van der Waals surface area contributed by atoms with Gasteiger partial charge in [-0.2, -0.15) is 0 Å². The standard InChI is InChI=1S/C11H21ClN3O/c1-2-13-3-5-14(6-4-13)10-15-7-8-16-9-11(15)12/h10-11H,2-9H2,1H3. The van der Waals surface area contributed by atoms with Gasteiger partial charge in [0.15, 0.2) is 0 Å². The number of ether oxygens (including phenoxy) is 1. The average Bonchev–Trinajstić information content (AvgIpc) is 2.33. The fraction of sp³-hybridized carbons (Fsp3) is 0.909. The van der Waals surface area contributed by atoms with Crippen molar-refractivity contribution in [1.29, 1.82) is 0 Å². The molecule has 16 heavy (non-hydrogen) atoms. The average molecular weight is 247 g/mol. The second-order valence-electron chi connectivity index (χ2n) is 4.33. The normalized spacial score (nSPS) is 30.8. The monoisotopic (exact) mass is 246 g/mol. The number of alkyl halides is 1. The molecule has 5 heteroatoms. The Balaban J connectivity index is 1.73. The molecule has 4 nitrogen and oxygen atoms in total. The van der Waals surface area contributed by atoms with Crippen LogP contribution in [0, 0.1) is 6.67 Å². The van der Waals surface area contributed by atoms with Gasteiger partial charge in [0.05, 0.1) is 19.9 Å². The molecule has 0 spiro atoms. The van der Waals surface area contributed by atoms with Gasteiger partial charge in [0.25, 0.3) is 0 Å². The maximum absolute atomic E-state index is 6.19. The minimum Gasteiger partial charge on any atom is -0.377 e. The van der Waals surface area contributed by atoms with Crippen molar-refractivity contribution in [2.24, 2.45) is 0 Å². The van der Waals surface area contributed by atoms with Gasteiger partial charge in [0, 0.05) is 32.7 Å². The molecule has 0 aromatic rings. The van der Waals surface area contributed by atoms with Crippen molar-refractivity contribution in [1.82, 2.24) is 14.7 Å². The third-order valence-corrected chi connectivity index (χ3v) is 3.65. The molecule has 93 valence electrons. The van der Waals surface area contributed by atoms with Crippen molar-refractivity contribution in [3.63, 3.8) is 0 Å². The highest BCUT2D eigenvalue weighted by Gasteiger charge is 2.24. The highest BCUT2D eigenvalue weighted by atomic mass is 35.5. The number of morpholine rings is 1. The van der Waals surface area contributed by atoms with Crippen LogP contribution in [0.4, 0.5) is 0 Å². The number of piperazine rings is 1. The Hall–Kier alpha value is 0.130. The van der Waals surface area contributed by atoms with E-state index in [0.29, 0.717) is 6.61 Å². The SMILES string of the molecule is CCN1CCN([CH]N2CCOCC2Cl)CC1. The molecule has 2 aliphatic heterocycles. The van der Waals surface area contributed by atoms with Crippen LogP contribution in [0.1, 0.15) is 6.92 Å². The Bertz CT molecular complexity index is 209. The lowest BCUT2D eigenvalue weighted by Gasteiger charge is -2.39. The number of likely N-dealkylation sites (N-methyl/N-ethyl adjacent to an activating group) is 1. The van der Waals surface area contributed by atoms with Crippen LogP contribution in [0.2, 0.25) is 0 Å². The first-order valence-corrected chi connectivity index (χ1v) is 6.52. The molecule has 2 fully saturated rings. The lowest BCUT2D eigenvalue weighted by molar-refractivity contribution is 0.0122. The van der Waals surface area contributed by atoms with Crippen LogP contribution in [0.15, 0.2) is 0 Å². The zero-order valence-corrected chi connectivity index (χ0v) is 10.7. The van der Waals surface area contributed by atoms with Gasteiger partial charge >= 0.3 is 0 Å². The molecule has 1 radical (unpaired) electrons. The van der Waals surface area contributed by atoms with E-state index >= 15 is 0 Å². The molecule has 2 heterocycles. The minimum atomic E-state index is -0.00189. The Labute approximate surface area is 103 Å². The van der Waals surface area contributed by atoms with Crippen LogP contribution in [0.5, 0.6) is 0 Å². The van der Waals surface area contributed by atoms with Crippen molar-refractivity contribution in [3.8, 4) is 0 Å². The van der Waals surface area contributed by atoms with E-state index in [1.807, 2.05) is 0 Å². The maximum atomic E-state index is 6.19. The van der Waals surface area contributed by atoms with Gasteiger partial charge < -0.3 is 9.64 Å². The lowest BCUT2D eigenvalue weighted by atomic mass is 10.3. The van der Waals surface area contributed by atoms with Crippen LogP contribution in [0.25, 0.3) is 0 Å². The molecule has 1 unspecified atom stereocenters. The zero-order chi connectivity index (χ0) is 11.4. The van der Waals surface area contributed by atoms with Gasteiger partial charge in [-0.05, 0) is 6.54 Å². The molecule has 0 amide bonds. The molecule has 0 aromatic carbocycles. The maximum Gasteiger partial charge on any atom is 0.110 e. The molecule has 0 N–H and O–H groups in total. The summed E-state index contributed by atoms with van der Waals surface area (Å²) in [4.78, 5) is 7.03. The largest absolute Gasteiger partial charge is 0.377 e. The zero-order valence-electron chi connectivity index (χ0n) is 9.94. The summed E-state index contributed by atoms with van der Waals surface area (Å²) in [6.45, 7) is 12.4. The van der Waals surface area contributed by atoms with E-state index in [1.54, 1.807) is 0 Å². The van der Waals surface area contributed by atoms with Crippen LogP contribution >= 0.6 is 11.6 Å². The van der Waals surface area contributed by atoms with Crippen LogP contribution in [-0.2, 0) is 4.74 Å². The van der Waals surface area contributed by atoms with E-state index in [9.17, 15) is 0 Å². The summed E-state index contributed by atoms with van der Waals surface area (Å²) in [6, 6.07) is 0. The highest BCUT2D eigenvalue weighted by molar-refractivity contribution is 6.20. The fourth-order valence-electron chi connectivity index (χ4n) is 2.12. The van der Waals surface area contributed by atoms with Crippen molar-refractivity contribution in [2.45, 2.75) is 12.4 Å². The Morgan fingerprint density at radius 3 is 2.62 bits per heavy atom. The third-order valence-electron chi connectivity index (χ3n) is 3.27. The quantitative estimate of drug-likeness (QED) is 0.537. The number of hydrogen-bond acceptors (Lipinski definition) is 4. The fourth-order valence-corrected chi connectivity index (χ4v) is 2.36. The molecule has 2 saturated heterocycles. The van der Waals surface area contributed by atoms with Gasteiger partial charge in [-0.3, -0.25) is 9.80 Å². The summed E-state index contributed by atoms with van der Waals surface area (Å²) in [6.07, 6.45) is 0. The van der Waals surface area contributed by atoms with E-state index < -0.39 is 0 Å². The van der Waals surface area contributed by atoms with Crippen molar-refractivity contribution in [2.75, 3.05) is 52.5 Å². The number of nitrogens with zero attached hydrogens (tertiary/aromatic N) is 3. The minimum absolute atomic E-state index is 0.00189. The summed E-state index contributed by atoms with van der Waals surface area (Å²) in [7, 11) is 0.